The van der Waals surface area contributed by atoms with Gasteiger partial charge in [0.25, 0.3) is 5.56 Å². The molecule has 0 amide bonds. The Bertz CT molecular complexity index is 1090. The quantitative estimate of drug-likeness (QED) is 0.680. The van der Waals surface area contributed by atoms with Crippen LogP contribution in [0.4, 0.5) is 0 Å². The first-order valence-corrected chi connectivity index (χ1v) is 8.94. The number of hydrogen-bond donors (Lipinski definition) is 0. The van der Waals surface area contributed by atoms with Gasteiger partial charge >= 0.3 is 0 Å². The second-order valence-electron chi connectivity index (χ2n) is 7.18. The Kier molecular flexibility index (Phi) is 3.87. The van der Waals surface area contributed by atoms with Crippen LogP contribution in [0.3, 0.4) is 0 Å². The molecule has 0 aliphatic carbocycles. The first kappa shape index (κ1) is 16.5. The van der Waals surface area contributed by atoms with Gasteiger partial charge in [0.05, 0.1) is 11.1 Å². The van der Waals surface area contributed by atoms with Gasteiger partial charge in [-0.2, -0.15) is 0 Å². The number of nitrogens with zero attached hydrogens (tertiary/aromatic N) is 2. The number of allylic oxidation sites excluding steroid dienone is 1. The van der Waals surface area contributed by atoms with Crippen LogP contribution >= 0.6 is 0 Å². The maximum atomic E-state index is 13.1. The lowest BCUT2D eigenvalue weighted by molar-refractivity contribution is 0.443. The zero-order chi connectivity index (χ0) is 18.3. The molecule has 0 radical (unpaired) electrons. The van der Waals surface area contributed by atoms with E-state index < -0.39 is 5.54 Å². The van der Waals surface area contributed by atoms with E-state index in [1.54, 1.807) is 6.07 Å². The van der Waals surface area contributed by atoms with Gasteiger partial charge < -0.3 is 0 Å². The number of hydrogen-bond acceptors (Lipinski definition) is 2. The Morgan fingerprint density at radius 3 is 2.42 bits per heavy atom. The minimum atomic E-state index is -0.610. The molecule has 1 aliphatic heterocycles. The lowest BCUT2D eigenvalue weighted by Gasteiger charge is -2.37. The summed E-state index contributed by atoms with van der Waals surface area (Å²) in [5.74, 6) is 0.173. The molecule has 0 N–H and O–H groups in total. The molecule has 0 bridgehead atoms. The van der Waals surface area contributed by atoms with Crippen LogP contribution in [-0.2, 0) is 5.54 Å². The second-order valence-corrected chi connectivity index (χ2v) is 7.18. The molecule has 0 spiro atoms. The van der Waals surface area contributed by atoms with Crippen LogP contribution < -0.4 is 5.56 Å². The van der Waals surface area contributed by atoms with E-state index in [-0.39, 0.29) is 11.5 Å². The molecule has 26 heavy (non-hydrogen) atoms. The highest BCUT2D eigenvalue weighted by atomic mass is 16.1. The molecule has 3 nitrogen and oxygen atoms in total. The summed E-state index contributed by atoms with van der Waals surface area (Å²) in [6, 6.07) is 20.1. The fourth-order valence-electron chi connectivity index (χ4n) is 3.97. The number of aromatic nitrogens is 1. The van der Waals surface area contributed by atoms with E-state index in [4.69, 9.17) is 0 Å². The molecule has 2 heterocycles. The molecule has 1 aliphatic rings. The minimum absolute atomic E-state index is 0.00762. The molecule has 0 saturated heterocycles. The number of aliphatic imine (C=N–C) groups is 1. The highest BCUT2D eigenvalue weighted by molar-refractivity contribution is 5.80. The van der Waals surface area contributed by atoms with E-state index in [9.17, 15) is 4.79 Å². The first-order chi connectivity index (χ1) is 12.5. The van der Waals surface area contributed by atoms with E-state index in [2.05, 4.69) is 50.0 Å². The molecular formula is C23H22N2O. The standard InChI is InChI=1S/C23H22N2O/c1-16-8-11-19(12-9-16)23(3,20-15-24-14-17(20)2)25-21-7-5-4-6-18(21)10-13-22(25)26/h4-15,17H,1-3H3. The molecule has 2 aromatic carbocycles. The lowest BCUT2D eigenvalue weighted by Crippen LogP contribution is -2.42. The fourth-order valence-corrected chi connectivity index (χ4v) is 3.97. The average Bonchev–Trinajstić information content (AvgIpc) is 3.08. The molecule has 4 rings (SSSR count). The van der Waals surface area contributed by atoms with Gasteiger partial charge in [0.15, 0.2) is 0 Å². The molecule has 0 saturated carbocycles. The summed E-state index contributed by atoms with van der Waals surface area (Å²) >= 11 is 0. The Morgan fingerprint density at radius 2 is 1.73 bits per heavy atom. The molecule has 2 atom stereocenters. The van der Waals surface area contributed by atoms with E-state index in [0.29, 0.717) is 0 Å². The fraction of sp³-hybridized carbons (Fsp3) is 0.217. The summed E-state index contributed by atoms with van der Waals surface area (Å²) < 4.78 is 1.92. The van der Waals surface area contributed by atoms with Gasteiger partial charge in [-0.3, -0.25) is 14.4 Å². The van der Waals surface area contributed by atoms with E-state index in [0.717, 1.165) is 22.0 Å². The van der Waals surface area contributed by atoms with Crippen molar-refractivity contribution in [1.82, 2.24) is 4.57 Å². The monoisotopic (exact) mass is 342 g/mol. The van der Waals surface area contributed by atoms with Crippen molar-refractivity contribution in [2.45, 2.75) is 26.3 Å². The van der Waals surface area contributed by atoms with Crippen LogP contribution in [-0.4, -0.2) is 10.8 Å². The van der Waals surface area contributed by atoms with E-state index in [1.165, 1.54) is 5.56 Å². The molecule has 0 fully saturated rings. The highest BCUT2D eigenvalue weighted by Crippen LogP contribution is 2.40. The van der Waals surface area contributed by atoms with Crippen LogP contribution in [0, 0.1) is 12.8 Å². The Hall–Kier alpha value is -2.94. The van der Waals surface area contributed by atoms with Crippen molar-refractivity contribution in [1.29, 1.82) is 0 Å². The van der Waals surface area contributed by atoms with Crippen molar-refractivity contribution in [3.05, 3.63) is 93.9 Å². The van der Waals surface area contributed by atoms with Gasteiger partial charge in [0.1, 0.15) is 0 Å². The second kappa shape index (κ2) is 6.10. The van der Waals surface area contributed by atoms with Gasteiger partial charge in [0.2, 0.25) is 0 Å². The van der Waals surface area contributed by atoms with Gasteiger partial charge in [0, 0.05) is 24.4 Å². The lowest BCUT2D eigenvalue weighted by atomic mass is 9.79. The highest BCUT2D eigenvalue weighted by Gasteiger charge is 2.38. The Balaban J connectivity index is 2.09. The molecule has 3 heteroatoms. The van der Waals surface area contributed by atoms with E-state index in [1.807, 2.05) is 47.3 Å². The van der Waals surface area contributed by atoms with Gasteiger partial charge in [-0.1, -0.05) is 55.0 Å². The van der Waals surface area contributed by atoms with Crippen LogP contribution in [0.25, 0.3) is 10.9 Å². The van der Waals surface area contributed by atoms with Crippen molar-refractivity contribution < 1.29 is 0 Å². The number of rotatable bonds is 3. The maximum absolute atomic E-state index is 13.1. The minimum Gasteiger partial charge on any atom is -0.294 e. The number of fused-ring (bicyclic) bond motifs is 1. The summed E-state index contributed by atoms with van der Waals surface area (Å²) in [7, 11) is 0. The molecule has 2 unspecified atom stereocenters. The van der Waals surface area contributed by atoms with Crippen molar-refractivity contribution in [2.75, 3.05) is 0 Å². The predicted octanol–water partition coefficient (Wildman–Crippen LogP) is 4.68. The summed E-state index contributed by atoms with van der Waals surface area (Å²) in [4.78, 5) is 17.5. The summed E-state index contributed by atoms with van der Waals surface area (Å²) in [6.07, 6.45) is 3.86. The van der Waals surface area contributed by atoms with Crippen LogP contribution in [0.1, 0.15) is 25.0 Å². The molecule has 1 aromatic heterocycles. The average molecular weight is 342 g/mol. The normalized spacial score (nSPS) is 18.7. The van der Waals surface area contributed by atoms with Gasteiger partial charge in [-0.15, -0.1) is 0 Å². The van der Waals surface area contributed by atoms with Crippen LogP contribution in [0.5, 0.6) is 0 Å². The first-order valence-electron chi connectivity index (χ1n) is 8.94. The maximum Gasteiger partial charge on any atom is 0.252 e. The third-order valence-corrected chi connectivity index (χ3v) is 5.44. The smallest absolute Gasteiger partial charge is 0.252 e. The number of para-hydroxylation sites is 1. The molecule has 130 valence electrons. The summed E-state index contributed by atoms with van der Waals surface area (Å²) in [5, 5.41) is 1.05. The topological polar surface area (TPSA) is 34.4 Å². The number of benzene rings is 2. The zero-order valence-corrected chi connectivity index (χ0v) is 15.3. The van der Waals surface area contributed by atoms with Crippen molar-refractivity contribution >= 4 is 17.1 Å². The summed E-state index contributed by atoms with van der Waals surface area (Å²) in [6.45, 7) is 6.33. The van der Waals surface area contributed by atoms with Crippen LogP contribution in [0.2, 0.25) is 0 Å². The Labute approximate surface area is 153 Å². The van der Waals surface area contributed by atoms with E-state index >= 15 is 0 Å². The largest absolute Gasteiger partial charge is 0.294 e. The SMILES string of the molecule is Cc1ccc(C(C)(C2=CN=CC2C)n2c(=O)ccc3ccccc32)cc1. The Morgan fingerprint density at radius 1 is 1.00 bits per heavy atom. The number of pyridine rings is 1. The van der Waals surface area contributed by atoms with Crippen molar-refractivity contribution in [3.8, 4) is 0 Å². The number of aryl methyl sites for hydroxylation is 1. The van der Waals surface area contributed by atoms with Gasteiger partial charge in [-0.25, -0.2) is 0 Å². The predicted molar refractivity (Wildman–Crippen MR) is 108 cm³/mol. The van der Waals surface area contributed by atoms with Crippen molar-refractivity contribution in [2.24, 2.45) is 10.9 Å². The van der Waals surface area contributed by atoms with Crippen LogP contribution in [0.15, 0.2) is 82.2 Å². The van der Waals surface area contributed by atoms with Gasteiger partial charge in [-0.05, 0) is 42.5 Å². The molecular weight excluding hydrogens is 320 g/mol. The van der Waals surface area contributed by atoms with Crippen molar-refractivity contribution in [3.63, 3.8) is 0 Å². The third kappa shape index (κ3) is 2.43. The zero-order valence-electron chi connectivity index (χ0n) is 15.3. The molecule has 3 aromatic rings. The third-order valence-electron chi connectivity index (χ3n) is 5.44. The summed E-state index contributed by atoms with van der Waals surface area (Å²) in [5.41, 5.74) is 3.73.